The molecular formula is C17H14BrNO. The summed E-state index contributed by atoms with van der Waals surface area (Å²) in [5, 5.41) is 1.09. The largest absolute Gasteiger partial charge is 0.489 e. The van der Waals surface area contributed by atoms with Gasteiger partial charge in [-0.2, -0.15) is 0 Å². The molecule has 0 aliphatic carbocycles. The van der Waals surface area contributed by atoms with Crippen molar-refractivity contribution >= 4 is 26.8 Å². The molecule has 2 aromatic carbocycles. The highest BCUT2D eigenvalue weighted by molar-refractivity contribution is 9.10. The van der Waals surface area contributed by atoms with Crippen LogP contribution in [0.1, 0.15) is 11.1 Å². The summed E-state index contributed by atoms with van der Waals surface area (Å²) in [6, 6.07) is 18.2. The average molecular weight is 328 g/mol. The van der Waals surface area contributed by atoms with Crippen LogP contribution in [0, 0.1) is 6.92 Å². The molecule has 0 N–H and O–H groups in total. The van der Waals surface area contributed by atoms with Crippen molar-refractivity contribution in [2.45, 2.75) is 13.5 Å². The Labute approximate surface area is 126 Å². The lowest BCUT2D eigenvalue weighted by Crippen LogP contribution is -1.96. The van der Waals surface area contributed by atoms with Crippen LogP contribution in [0.5, 0.6) is 5.75 Å². The third kappa shape index (κ3) is 2.83. The Balaban J connectivity index is 1.87. The first-order valence-corrected chi connectivity index (χ1v) is 7.25. The van der Waals surface area contributed by atoms with Crippen LogP contribution < -0.4 is 4.74 Å². The molecule has 1 heterocycles. The molecule has 3 rings (SSSR count). The van der Waals surface area contributed by atoms with E-state index in [1.54, 1.807) is 0 Å². The summed E-state index contributed by atoms with van der Waals surface area (Å²) in [4.78, 5) is 4.50. The van der Waals surface area contributed by atoms with E-state index in [0.717, 1.165) is 26.8 Å². The number of aryl methyl sites for hydroxylation is 1. The summed E-state index contributed by atoms with van der Waals surface area (Å²) < 4.78 is 6.72. The minimum Gasteiger partial charge on any atom is -0.489 e. The van der Waals surface area contributed by atoms with E-state index in [1.165, 1.54) is 5.56 Å². The molecule has 1 aromatic heterocycles. The summed E-state index contributed by atoms with van der Waals surface area (Å²) >= 11 is 3.40. The summed E-state index contributed by atoms with van der Waals surface area (Å²) in [6.45, 7) is 2.63. The Hall–Kier alpha value is -1.87. The third-order valence-electron chi connectivity index (χ3n) is 3.17. The van der Waals surface area contributed by atoms with E-state index in [-0.39, 0.29) is 0 Å². The summed E-state index contributed by atoms with van der Waals surface area (Å²) in [5.41, 5.74) is 3.29. The van der Waals surface area contributed by atoms with Crippen molar-refractivity contribution < 1.29 is 4.74 Å². The minimum absolute atomic E-state index is 0.579. The molecule has 0 amide bonds. The number of hydrogen-bond donors (Lipinski definition) is 0. The molecule has 0 aliphatic heterocycles. The molecule has 0 spiro atoms. The molecule has 0 fully saturated rings. The van der Waals surface area contributed by atoms with Gasteiger partial charge in [0, 0.05) is 5.39 Å². The van der Waals surface area contributed by atoms with E-state index < -0.39 is 0 Å². The van der Waals surface area contributed by atoms with E-state index in [4.69, 9.17) is 4.74 Å². The zero-order chi connectivity index (χ0) is 13.9. The van der Waals surface area contributed by atoms with Crippen LogP contribution in [-0.2, 0) is 6.61 Å². The van der Waals surface area contributed by atoms with Gasteiger partial charge in [0.1, 0.15) is 17.0 Å². The predicted molar refractivity (Wildman–Crippen MR) is 85.0 cm³/mol. The fraction of sp³-hybridized carbons (Fsp3) is 0.118. The Morgan fingerprint density at radius 1 is 1.05 bits per heavy atom. The molecule has 0 radical (unpaired) electrons. The Bertz CT molecular complexity index is 741. The average Bonchev–Trinajstić information content (AvgIpc) is 2.47. The number of rotatable bonds is 3. The lowest BCUT2D eigenvalue weighted by atomic mass is 10.1. The number of fused-ring (bicyclic) bond motifs is 1. The first kappa shape index (κ1) is 13.1. The van der Waals surface area contributed by atoms with Crippen molar-refractivity contribution in [1.29, 1.82) is 0 Å². The van der Waals surface area contributed by atoms with Crippen LogP contribution in [-0.4, -0.2) is 4.98 Å². The van der Waals surface area contributed by atoms with Crippen molar-refractivity contribution in [3.05, 3.63) is 70.3 Å². The molecule has 0 aliphatic rings. The number of benzene rings is 2. The van der Waals surface area contributed by atoms with Gasteiger partial charge in [-0.1, -0.05) is 30.3 Å². The molecule has 20 heavy (non-hydrogen) atoms. The first-order valence-electron chi connectivity index (χ1n) is 6.46. The van der Waals surface area contributed by atoms with Gasteiger partial charge >= 0.3 is 0 Å². The van der Waals surface area contributed by atoms with E-state index in [9.17, 15) is 0 Å². The molecule has 0 saturated heterocycles. The van der Waals surface area contributed by atoms with E-state index in [1.807, 2.05) is 36.4 Å². The van der Waals surface area contributed by atoms with Gasteiger partial charge in [0.2, 0.25) is 0 Å². The lowest BCUT2D eigenvalue weighted by Gasteiger charge is -2.09. The van der Waals surface area contributed by atoms with Gasteiger partial charge in [-0.3, -0.25) is 0 Å². The summed E-state index contributed by atoms with van der Waals surface area (Å²) in [5.74, 6) is 0.878. The van der Waals surface area contributed by atoms with E-state index in [2.05, 4.69) is 46.0 Å². The van der Waals surface area contributed by atoms with Crippen molar-refractivity contribution in [1.82, 2.24) is 4.98 Å². The number of pyridine rings is 1. The van der Waals surface area contributed by atoms with Crippen LogP contribution in [0.4, 0.5) is 0 Å². The van der Waals surface area contributed by atoms with Crippen LogP contribution in [0.15, 0.2) is 59.2 Å². The first-order chi connectivity index (χ1) is 9.72. The van der Waals surface area contributed by atoms with Crippen LogP contribution in [0.25, 0.3) is 10.9 Å². The molecule has 0 bridgehead atoms. The number of hydrogen-bond acceptors (Lipinski definition) is 2. The molecule has 2 nitrogen and oxygen atoms in total. The lowest BCUT2D eigenvalue weighted by molar-refractivity contribution is 0.306. The van der Waals surface area contributed by atoms with Crippen LogP contribution in [0.3, 0.4) is 0 Å². The Morgan fingerprint density at radius 3 is 2.65 bits per heavy atom. The van der Waals surface area contributed by atoms with Gasteiger partial charge in [0.25, 0.3) is 0 Å². The van der Waals surface area contributed by atoms with Crippen molar-refractivity contribution in [3.63, 3.8) is 0 Å². The summed E-state index contributed by atoms with van der Waals surface area (Å²) in [6.07, 6.45) is 0. The molecule has 3 heteroatoms. The van der Waals surface area contributed by atoms with Gasteiger partial charge in [0.05, 0.1) is 5.52 Å². The number of halogens is 1. The number of ether oxygens (including phenoxy) is 1. The zero-order valence-corrected chi connectivity index (χ0v) is 12.7. The maximum atomic E-state index is 5.87. The topological polar surface area (TPSA) is 22.1 Å². The van der Waals surface area contributed by atoms with Gasteiger partial charge < -0.3 is 4.74 Å². The second-order valence-corrected chi connectivity index (χ2v) is 5.53. The highest BCUT2D eigenvalue weighted by Crippen LogP contribution is 2.25. The highest BCUT2D eigenvalue weighted by atomic mass is 79.9. The molecule has 0 atom stereocenters. The molecule has 0 unspecified atom stereocenters. The number of aromatic nitrogens is 1. The highest BCUT2D eigenvalue weighted by Gasteiger charge is 2.04. The Morgan fingerprint density at radius 2 is 1.85 bits per heavy atom. The maximum Gasteiger partial charge on any atom is 0.120 e. The monoisotopic (exact) mass is 327 g/mol. The summed E-state index contributed by atoms with van der Waals surface area (Å²) in [7, 11) is 0. The molecule has 0 saturated carbocycles. The second kappa shape index (κ2) is 5.63. The van der Waals surface area contributed by atoms with Crippen molar-refractivity contribution in [2.24, 2.45) is 0 Å². The van der Waals surface area contributed by atoms with Crippen molar-refractivity contribution in [2.75, 3.05) is 0 Å². The smallest absolute Gasteiger partial charge is 0.120 e. The normalized spacial score (nSPS) is 10.7. The van der Waals surface area contributed by atoms with E-state index >= 15 is 0 Å². The maximum absolute atomic E-state index is 5.87. The molecular weight excluding hydrogens is 314 g/mol. The fourth-order valence-corrected chi connectivity index (χ4v) is 2.49. The molecule has 3 aromatic rings. The van der Waals surface area contributed by atoms with Gasteiger partial charge in [-0.05, 0) is 58.2 Å². The van der Waals surface area contributed by atoms with Crippen LogP contribution >= 0.6 is 15.9 Å². The second-order valence-electron chi connectivity index (χ2n) is 4.72. The minimum atomic E-state index is 0.579. The SMILES string of the molecule is Cc1cc(OCc2ccccc2)cc2ccc(Br)nc12. The third-order valence-corrected chi connectivity index (χ3v) is 3.61. The predicted octanol–water partition coefficient (Wildman–Crippen LogP) is 4.88. The fourth-order valence-electron chi connectivity index (χ4n) is 2.18. The van der Waals surface area contributed by atoms with Gasteiger partial charge in [-0.15, -0.1) is 0 Å². The van der Waals surface area contributed by atoms with Crippen molar-refractivity contribution in [3.8, 4) is 5.75 Å². The van der Waals surface area contributed by atoms with E-state index in [0.29, 0.717) is 6.61 Å². The zero-order valence-electron chi connectivity index (χ0n) is 11.1. The molecule has 100 valence electrons. The Kier molecular flexibility index (Phi) is 3.70. The van der Waals surface area contributed by atoms with Gasteiger partial charge in [0.15, 0.2) is 0 Å². The quantitative estimate of drug-likeness (QED) is 0.639. The standard InChI is InChI=1S/C17H14BrNO/c1-12-9-15(20-11-13-5-3-2-4-6-13)10-14-7-8-16(18)19-17(12)14/h2-10H,11H2,1H3. The van der Waals surface area contributed by atoms with Crippen LogP contribution in [0.2, 0.25) is 0 Å². The van der Waals surface area contributed by atoms with Gasteiger partial charge in [-0.25, -0.2) is 4.98 Å². The number of nitrogens with zero attached hydrogens (tertiary/aromatic N) is 1.